The van der Waals surface area contributed by atoms with Gasteiger partial charge < -0.3 is 20.1 Å². The predicted octanol–water partition coefficient (Wildman–Crippen LogP) is 2.37. The summed E-state index contributed by atoms with van der Waals surface area (Å²) in [5.74, 6) is 1.10. The largest absolute Gasteiger partial charge is 0.396 e. The van der Waals surface area contributed by atoms with Crippen LogP contribution in [0.1, 0.15) is 36.0 Å². The maximum atomic E-state index is 12.7. The summed E-state index contributed by atoms with van der Waals surface area (Å²) in [7, 11) is 0. The van der Waals surface area contributed by atoms with Crippen LogP contribution in [0.15, 0.2) is 24.3 Å². The fourth-order valence-corrected chi connectivity index (χ4v) is 3.48. The van der Waals surface area contributed by atoms with Gasteiger partial charge in [0.25, 0.3) is 5.91 Å². The quantitative estimate of drug-likeness (QED) is 0.869. The molecule has 5 heteroatoms. The second-order valence-corrected chi connectivity index (χ2v) is 6.94. The predicted molar refractivity (Wildman–Crippen MR) is 94.2 cm³/mol. The molecule has 2 N–H and O–H groups in total. The maximum Gasteiger partial charge on any atom is 0.253 e. The molecule has 0 aliphatic carbocycles. The summed E-state index contributed by atoms with van der Waals surface area (Å²) >= 11 is 0. The number of hydrogen-bond acceptors (Lipinski definition) is 4. The molecule has 2 fully saturated rings. The fourth-order valence-electron chi connectivity index (χ4n) is 3.48. The minimum atomic E-state index is 0.0982. The minimum Gasteiger partial charge on any atom is -0.396 e. The maximum absolute atomic E-state index is 12.7. The molecule has 0 spiro atoms. The molecule has 1 aromatic rings. The molecule has 5 nitrogen and oxygen atoms in total. The molecule has 0 bridgehead atoms. The zero-order valence-corrected chi connectivity index (χ0v) is 14.2. The Kier molecular flexibility index (Phi) is 6.10. The third-order valence-corrected chi connectivity index (χ3v) is 5.21. The monoisotopic (exact) mass is 332 g/mol. The van der Waals surface area contributed by atoms with Crippen LogP contribution in [0.2, 0.25) is 0 Å². The number of rotatable bonds is 5. The Morgan fingerprint density at radius 2 is 1.92 bits per heavy atom. The third-order valence-electron chi connectivity index (χ3n) is 5.21. The van der Waals surface area contributed by atoms with Crippen molar-refractivity contribution in [1.82, 2.24) is 4.90 Å². The first-order valence-electron chi connectivity index (χ1n) is 9.08. The van der Waals surface area contributed by atoms with Crippen LogP contribution in [-0.4, -0.2) is 55.4 Å². The van der Waals surface area contributed by atoms with Gasteiger partial charge in [-0.15, -0.1) is 0 Å². The van der Waals surface area contributed by atoms with Gasteiger partial charge in [-0.1, -0.05) is 6.07 Å². The van der Waals surface area contributed by atoms with E-state index in [-0.39, 0.29) is 12.5 Å². The Labute approximate surface area is 144 Å². The highest BCUT2D eigenvalue weighted by Crippen LogP contribution is 2.21. The first kappa shape index (κ1) is 17.2. The zero-order chi connectivity index (χ0) is 16.8. The average molecular weight is 332 g/mol. The molecular weight excluding hydrogens is 304 g/mol. The molecule has 1 amide bonds. The van der Waals surface area contributed by atoms with E-state index in [4.69, 9.17) is 4.74 Å². The van der Waals surface area contributed by atoms with Crippen molar-refractivity contribution in [2.24, 2.45) is 11.8 Å². The molecule has 1 aromatic carbocycles. The van der Waals surface area contributed by atoms with Gasteiger partial charge >= 0.3 is 0 Å². The van der Waals surface area contributed by atoms with Gasteiger partial charge in [0.2, 0.25) is 0 Å². The SMILES string of the molecule is O=C(c1cccc(NCC2CCOCC2)c1)N1CCC(CO)CC1. The molecule has 2 aliphatic rings. The highest BCUT2D eigenvalue weighted by atomic mass is 16.5. The van der Waals surface area contributed by atoms with Crippen molar-refractivity contribution in [3.63, 3.8) is 0 Å². The molecule has 0 unspecified atom stereocenters. The Bertz CT molecular complexity index is 535. The Morgan fingerprint density at radius 3 is 2.62 bits per heavy atom. The second-order valence-electron chi connectivity index (χ2n) is 6.94. The molecule has 3 rings (SSSR count). The number of anilines is 1. The number of likely N-dealkylation sites (tertiary alicyclic amines) is 1. The number of hydrogen-bond donors (Lipinski definition) is 2. The number of benzene rings is 1. The normalized spacial score (nSPS) is 20.1. The van der Waals surface area contributed by atoms with E-state index >= 15 is 0 Å². The van der Waals surface area contributed by atoms with E-state index in [0.717, 1.165) is 69.8 Å². The van der Waals surface area contributed by atoms with Gasteiger partial charge in [0.05, 0.1) is 0 Å². The summed E-state index contributed by atoms with van der Waals surface area (Å²) in [6.45, 7) is 4.35. The number of carbonyl (C=O) groups is 1. The zero-order valence-electron chi connectivity index (χ0n) is 14.2. The number of carbonyl (C=O) groups excluding carboxylic acids is 1. The average Bonchev–Trinajstić information content (AvgIpc) is 2.67. The van der Waals surface area contributed by atoms with E-state index in [1.165, 1.54) is 0 Å². The number of aliphatic hydroxyl groups is 1. The number of piperidine rings is 1. The lowest BCUT2D eigenvalue weighted by molar-refractivity contribution is 0.0651. The second kappa shape index (κ2) is 8.49. The molecule has 2 saturated heterocycles. The van der Waals surface area contributed by atoms with Crippen LogP contribution in [0.3, 0.4) is 0 Å². The summed E-state index contributed by atoms with van der Waals surface area (Å²) < 4.78 is 5.39. The van der Waals surface area contributed by atoms with Crippen molar-refractivity contribution in [1.29, 1.82) is 0 Å². The topological polar surface area (TPSA) is 61.8 Å². The van der Waals surface area contributed by atoms with E-state index < -0.39 is 0 Å². The van der Waals surface area contributed by atoms with Gasteiger partial charge in [-0.3, -0.25) is 4.79 Å². The molecule has 24 heavy (non-hydrogen) atoms. The molecule has 0 aromatic heterocycles. The fraction of sp³-hybridized carbons (Fsp3) is 0.632. The third kappa shape index (κ3) is 4.48. The van der Waals surface area contributed by atoms with Crippen LogP contribution >= 0.6 is 0 Å². The number of aliphatic hydroxyl groups excluding tert-OH is 1. The van der Waals surface area contributed by atoms with Crippen LogP contribution in [0.4, 0.5) is 5.69 Å². The van der Waals surface area contributed by atoms with Gasteiger partial charge in [0.1, 0.15) is 0 Å². The molecule has 0 atom stereocenters. The highest BCUT2D eigenvalue weighted by molar-refractivity contribution is 5.95. The van der Waals surface area contributed by atoms with Crippen molar-refractivity contribution in [2.75, 3.05) is 44.8 Å². The first-order chi connectivity index (χ1) is 11.8. The molecule has 2 heterocycles. The van der Waals surface area contributed by atoms with Gasteiger partial charge in [-0.2, -0.15) is 0 Å². The van der Waals surface area contributed by atoms with E-state index in [2.05, 4.69) is 5.32 Å². The van der Waals surface area contributed by atoms with Gasteiger partial charge in [0, 0.05) is 50.7 Å². The van der Waals surface area contributed by atoms with Crippen LogP contribution in [0.5, 0.6) is 0 Å². The smallest absolute Gasteiger partial charge is 0.253 e. The lowest BCUT2D eigenvalue weighted by Gasteiger charge is -2.31. The van der Waals surface area contributed by atoms with Crippen molar-refractivity contribution < 1.29 is 14.6 Å². The van der Waals surface area contributed by atoms with Gasteiger partial charge in [-0.25, -0.2) is 0 Å². The number of nitrogens with one attached hydrogen (secondary N) is 1. The van der Waals surface area contributed by atoms with Crippen molar-refractivity contribution in [3.05, 3.63) is 29.8 Å². The van der Waals surface area contributed by atoms with E-state index in [0.29, 0.717) is 11.8 Å². The van der Waals surface area contributed by atoms with E-state index in [1.807, 2.05) is 29.2 Å². The van der Waals surface area contributed by atoms with Crippen molar-refractivity contribution >= 4 is 11.6 Å². The number of ether oxygens (including phenoxy) is 1. The van der Waals surface area contributed by atoms with E-state index in [9.17, 15) is 9.90 Å². The summed E-state index contributed by atoms with van der Waals surface area (Å²) in [4.78, 5) is 14.6. The summed E-state index contributed by atoms with van der Waals surface area (Å²) in [5, 5.41) is 12.7. The molecule has 132 valence electrons. The summed E-state index contributed by atoms with van der Waals surface area (Å²) in [6.07, 6.45) is 3.99. The Hall–Kier alpha value is -1.59. The van der Waals surface area contributed by atoms with Crippen molar-refractivity contribution in [2.45, 2.75) is 25.7 Å². The van der Waals surface area contributed by atoms with Gasteiger partial charge in [0.15, 0.2) is 0 Å². The van der Waals surface area contributed by atoms with Crippen LogP contribution in [0.25, 0.3) is 0 Å². The molecule has 0 saturated carbocycles. The lowest BCUT2D eigenvalue weighted by Crippen LogP contribution is -2.39. The Morgan fingerprint density at radius 1 is 1.17 bits per heavy atom. The van der Waals surface area contributed by atoms with E-state index in [1.54, 1.807) is 0 Å². The van der Waals surface area contributed by atoms with Crippen molar-refractivity contribution in [3.8, 4) is 0 Å². The molecular formula is C19H28N2O3. The lowest BCUT2D eigenvalue weighted by atomic mass is 9.97. The summed E-state index contributed by atoms with van der Waals surface area (Å²) in [5.41, 5.74) is 1.76. The van der Waals surface area contributed by atoms with Crippen LogP contribution in [-0.2, 0) is 4.74 Å². The van der Waals surface area contributed by atoms with Crippen LogP contribution in [0, 0.1) is 11.8 Å². The van der Waals surface area contributed by atoms with Crippen LogP contribution < -0.4 is 5.32 Å². The number of amides is 1. The highest BCUT2D eigenvalue weighted by Gasteiger charge is 2.23. The molecule has 0 radical (unpaired) electrons. The number of nitrogens with zero attached hydrogens (tertiary/aromatic N) is 1. The van der Waals surface area contributed by atoms with Gasteiger partial charge in [-0.05, 0) is 55.7 Å². The first-order valence-corrected chi connectivity index (χ1v) is 9.08. The summed E-state index contributed by atoms with van der Waals surface area (Å²) in [6, 6.07) is 7.81. The molecule has 2 aliphatic heterocycles. The Balaban J connectivity index is 1.55. The standard InChI is InChI=1S/C19H28N2O3/c22-14-16-4-8-21(9-5-16)19(23)17-2-1-3-18(12-17)20-13-15-6-10-24-11-7-15/h1-3,12,15-16,20,22H,4-11,13-14H2. The minimum absolute atomic E-state index is 0.0982.